The third-order valence-electron chi connectivity index (χ3n) is 4.22. The van der Waals surface area contributed by atoms with Crippen molar-refractivity contribution in [3.05, 3.63) is 64.7 Å². The molecular weight excluding hydrogens is 320 g/mol. The summed E-state index contributed by atoms with van der Waals surface area (Å²) in [6.07, 6.45) is 7.07. The van der Waals surface area contributed by atoms with Crippen molar-refractivity contribution in [3.63, 3.8) is 0 Å². The largest absolute Gasteiger partial charge is 0.312 e. The molecule has 4 aromatic rings. The Morgan fingerprint density at radius 3 is 2.79 bits per heavy atom. The van der Waals surface area contributed by atoms with Crippen LogP contribution in [0.5, 0.6) is 0 Å². The lowest BCUT2D eigenvalue weighted by Crippen LogP contribution is -2.21. The normalized spacial score (nSPS) is 11.2. The molecule has 0 bridgehead atoms. The predicted octanol–water partition coefficient (Wildman–Crippen LogP) is 2.82. The van der Waals surface area contributed by atoms with E-state index in [1.54, 1.807) is 30.1 Å². The monoisotopic (exact) mass is 336 g/mol. The zero-order chi connectivity index (χ0) is 16.7. The quantitative estimate of drug-likeness (QED) is 0.625. The summed E-state index contributed by atoms with van der Waals surface area (Å²) in [5.41, 5.74) is 4.43. The summed E-state index contributed by atoms with van der Waals surface area (Å²) in [6.45, 7) is 4.66. The van der Waals surface area contributed by atoms with Crippen molar-refractivity contribution in [1.82, 2.24) is 24.1 Å². The fourth-order valence-corrected chi connectivity index (χ4v) is 3.58. The van der Waals surface area contributed by atoms with Gasteiger partial charge in [-0.25, -0.2) is 9.97 Å². The Morgan fingerprint density at radius 1 is 1.21 bits per heavy atom. The first kappa shape index (κ1) is 14.8. The topological polar surface area (TPSA) is 72.4 Å². The molecule has 24 heavy (non-hydrogen) atoms. The van der Waals surface area contributed by atoms with Gasteiger partial charge in [-0.15, -0.1) is 11.3 Å². The Morgan fingerprint density at radius 2 is 2.08 bits per heavy atom. The van der Waals surface area contributed by atoms with Crippen molar-refractivity contribution in [2.45, 2.75) is 20.4 Å². The van der Waals surface area contributed by atoms with E-state index in [1.807, 2.05) is 46.7 Å². The summed E-state index contributed by atoms with van der Waals surface area (Å²) < 4.78 is 3.87. The Balaban J connectivity index is 1.92. The van der Waals surface area contributed by atoms with Crippen molar-refractivity contribution >= 4 is 22.4 Å². The van der Waals surface area contributed by atoms with Crippen LogP contribution in [-0.4, -0.2) is 24.1 Å². The number of thiazole rings is 1. The van der Waals surface area contributed by atoms with Crippen LogP contribution in [0.25, 0.3) is 16.2 Å². The highest BCUT2D eigenvalue weighted by Gasteiger charge is 2.17. The van der Waals surface area contributed by atoms with E-state index in [2.05, 4.69) is 15.0 Å². The van der Waals surface area contributed by atoms with Crippen molar-refractivity contribution in [3.8, 4) is 5.13 Å². The van der Waals surface area contributed by atoms with E-state index in [9.17, 15) is 0 Å². The maximum atomic E-state index is 8.64. The molecule has 0 atom stereocenters. The third-order valence-corrected chi connectivity index (χ3v) is 4.97. The first-order chi connectivity index (χ1) is 11.7. The number of nitrogens with one attached hydrogen (secondary N) is 1. The van der Waals surface area contributed by atoms with Gasteiger partial charge in [0.05, 0.1) is 18.3 Å². The molecule has 0 spiro atoms. The van der Waals surface area contributed by atoms with Gasteiger partial charge in [-0.2, -0.15) is 0 Å². The molecule has 4 heterocycles. The average molecular weight is 336 g/mol. The van der Waals surface area contributed by atoms with E-state index in [0.29, 0.717) is 12.0 Å². The zero-order valence-corrected chi connectivity index (χ0v) is 14.2. The van der Waals surface area contributed by atoms with Crippen LogP contribution in [0.4, 0.5) is 0 Å². The molecule has 7 heteroatoms. The van der Waals surface area contributed by atoms with Crippen molar-refractivity contribution in [1.29, 1.82) is 5.41 Å². The van der Waals surface area contributed by atoms with Gasteiger partial charge in [-0.05, 0) is 31.0 Å². The molecule has 0 aliphatic heterocycles. The van der Waals surface area contributed by atoms with Gasteiger partial charge in [-0.1, -0.05) is 6.07 Å². The van der Waals surface area contributed by atoms with Gasteiger partial charge in [0.2, 0.25) is 0 Å². The van der Waals surface area contributed by atoms with E-state index in [-0.39, 0.29) is 0 Å². The molecule has 4 aromatic heterocycles. The number of hydrogen-bond acceptors (Lipinski definition) is 5. The van der Waals surface area contributed by atoms with Gasteiger partial charge >= 0.3 is 0 Å². The number of fused-ring (bicyclic) bond motifs is 1. The van der Waals surface area contributed by atoms with Crippen LogP contribution in [0, 0.1) is 19.3 Å². The molecule has 0 aromatic carbocycles. The van der Waals surface area contributed by atoms with Crippen LogP contribution in [0.1, 0.15) is 16.8 Å². The molecule has 0 saturated carbocycles. The molecule has 0 amide bonds. The number of rotatable bonds is 3. The molecule has 1 N–H and O–H groups in total. The summed E-state index contributed by atoms with van der Waals surface area (Å²) in [5, 5.41) is 12.3. The van der Waals surface area contributed by atoms with Gasteiger partial charge in [-0.3, -0.25) is 15.0 Å². The van der Waals surface area contributed by atoms with Gasteiger partial charge in [0.1, 0.15) is 5.49 Å². The average Bonchev–Trinajstić information content (AvgIpc) is 3.19. The first-order valence-electron chi connectivity index (χ1n) is 7.57. The van der Waals surface area contributed by atoms with Crippen molar-refractivity contribution < 1.29 is 0 Å². The van der Waals surface area contributed by atoms with Crippen LogP contribution >= 0.6 is 11.3 Å². The van der Waals surface area contributed by atoms with E-state index < -0.39 is 0 Å². The molecule has 0 unspecified atom stereocenters. The van der Waals surface area contributed by atoms with E-state index >= 15 is 0 Å². The van der Waals surface area contributed by atoms with Crippen molar-refractivity contribution in [2.75, 3.05) is 0 Å². The fraction of sp³-hybridized carbons (Fsp3) is 0.176. The first-order valence-corrected chi connectivity index (χ1v) is 8.45. The van der Waals surface area contributed by atoms with Crippen LogP contribution in [0.15, 0.2) is 42.4 Å². The molecule has 4 rings (SSSR count). The lowest BCUT2D eigenvalue weighted by molar-refractivity contribution is 0.719. The third kappa shape index (κ3) is 2.25. The SMILES string of the molecule is Cc1c(C)n(-c2nccs2)c2ncn(Cc3cccnc3)c(=N)c12. The van der Waals surface area contributed by atoms with Gasteiger partial charge in [0, 0.05) is 29.7 Å². The number of pyridine rings is 1. The fourth-order valence-electron chi connectivity index (χ4n) is 2.89. The molecule has 0 fully saturated rings. The standard InChI is InChI=1S/C17H16N6S/c1-11-12(2)23(17-20-6-7-24-17)16-14(11)15(18)22(10-21-16)9-13-4-3-5-19-8-13/h3-8,10,18H,9H2,1-2H3. The Labute approximate surface area is 142 Å². The highest BCUT2D eigenvalue weighted by Crippen LogP contribution is 2.25. The molecular formula is C17H16N6S. The number of hydrogen-bond donors (Lipinski definition) is 1. The van der Waals surface area contributed by atoms with Gasteiger partial charge in [0.25, 0.3) is 0 Å². The summed E-state index contributed by atoms with van der Waals surface area (Å²) in [7, 11) is 0. The summed E-state index contributed by atoms with van der Waals surface area (Å²) >= 11 is 1.57. The van der Waals surface area contributed by atoms with Gasteiger partial charge < -0.3 is 4.57 Å². The van der Waals surface area contributed by atoms with E-state index in [4.69, 9.17) is 5.41 Å². The van der Waals surface area contributed by atoms with E-state index in [0.717, 1.165) is 33.0 Å². The summed E-state index contributed by atoms with van der Waals surface area (Å²) in [6, 6.07) is 3.91. The molecule has 0 aliphatic carbocycles. The molecule has 6 nitrogen and oxygen atoms in total. The second-order valence-electron chi connectivity index (χ2n) is 5.64. The Bertz CT molecular complexity index is 1060. The maximum absolute atomic E-state index is 8.64. The highest BCUT2D eigenvalue weighted by molar-refractivity contribution is 7.12. The highest BCUT2D eigenvalue weighted by atomic mass is 32.1. The predicted molar refractivity (Wildman–Crippen MR) is 93.4 cm³/mol. The second kappa shape index (κ2) is 5.68. The number of aryl methyl sites for hydroxylation is 1. The number of aromatic nitrogens is 5. The minimum Gasteiger partial charge on any atom is -0.312 e. The van der Waals surface area contributed by atoms with Crippen molar-refractivity contribution in [2.24, 2.45) is 0 Å². The minimum absolute atomic E-state index is 0.458. The lowest BCUT2D eigenvalue weighted by Gasteiger charge is -2.08. The smallest absolute Gasteiger partial charge is 0.195 e. The summed E-state index contributed by atoms with van der Waals surface area (Å²) in [4.78, 5) is 13.2. The van der Waals surface area contributed by atoms with Gasteiger partial charge in [0.15, 0.2) is 10.8 Å². The summed E-state index contributed by atoms with van der Waals surface area (Å²) in [5.74, 6) is 0. The molecule has 0 aliphatic rings. The minimum atomic E-state index is 0.458. The zero-order valence-electron chi connectivity index (χ0n) is 13.4. The molecule has 120 valence electrons. The van der Waals surface area contributed by atoms with Crippen LogP contribution in [0.3, 0.4) is 0 Å². The maximum Gasteiger partial charge on any atom is 0.195 e. The second-order valence-corrected chi connectivity index (χ2v) is 6.51. The molecule has 0 saturated heterocycles. The van der Waals surface area contributed by atoms with Crippen LogP contribution in [0.2, 0.25) is 0 Å². The molecule has 0 radical (unpaired) electrons. The Hall–Kier alpha value is -2.80. The number of nitrogens with zero attached hydrogens (tertiary/aromatic N) is 5. The lowest BCUT2D eigenvalue weighted by atomic mass is 10.2. The van der Waals surface area contributed by atoms with Crippen LogP contribution in [-0.2, 0) is 6.54 Å². The Kier molecular flexibility index (Phi) is 3.50. The van der Waals surface area contributed by atoms with E-state index in [1.165, 1.54) is 0 Å². The van der Waals surface area contributed by atoms with Crippen LogP contribution < -0.4 is 5.49 Å².